The van der Waals surface area contributed by atoms with Gasteiger partial charge < -0.3 is 10.8 Å². The number of aromatic hydroxyl groups is 1. The van der Waals surface area contributed by atoms with E-state index in [0.29, 0.717) is 5.75 Å². The summed E-state index contributed by atoms with van der Waals surface area (Å²) in [7, 11) is 0. The number of aryl methyl sites for hydroxylation is 2. The molecule has 0 fully saturated rings. The van der Waals surface area contributed by atoms with Gasteiger partial charge in [-0.05, 0) is 84.1 Å². The SMILES string of the molecule is NCCCCc1cc2c(c(Br)c1O)CCCC2. The summed E-state index contributed by atoms with van der Waals surface area (Å²) in [6.07, 6.45) is 7.74. The summed E-state index contributed by atoms with van der Waals surface area (Å²) in [6.45, 7) is 0.729. The van der Waals surface area contributed by atoms with Crippen LogP contribution in [0.25, 0.3) is 0 Å². The Balaban J connectivity index is 2.24. The van der Waals surface area contributed by atoms with Crippen molar-refractivity contribution in [3.05, 3.63) is 27.2 Å². The molecule has 1 aromatic carbocycles. The zero-order valence-corrected chi connectivity index (χ0v) is 11.7. The van der Waals surface area contributed by atoms with Crippen LogP contribution in [0.4, 0.5) is 0 Å². The van der Waals surface area contributed by atoms with Crippen molar-refractivity contribution in [2.45, 2.75) is 44.9 Å². The standard InChI is InChI=1S/C14H20BrNO/c15-13-12-7-2-1-5-10(12)9-11(14(13)17)6-3-4-8-16/h9,17H,1-8,16H2. The molecular weight excluding hydrogens is 278 g/mol. The van der Waals surface area contributed by atoms with Crippen molar-refractivity contribution in [3.8, 4) is 5.75 Å². The number of phenolic OH excluding ortho intramolecular Hbond substituents is 1. The average Bonchev–Trinajstić information content (AvgIpc) is 2.35. The van der Waals surface area contributed by atoms with E-state index in [-0.39, 0.29) is 0 Å². The Morgan fingerprint density at radius 3 is 2.76 bits per heavy atom. The molecule has 3 heteroatoms. The molecule has 0 saturated carbocycles. The van der Waals surface area contributed by atoms with Gasteiger partial charge in [0.25, 0.3) is 0 Å². The number of benzene rings is 1. The van der Waals surface area contributed by atoms with Crippen LogP contribution in [0, 0.1) is 0 Å². The van der Waals surface area contributed by atoms with Crippen molar-refractivity contribution in [2.75, 3.05) is 6.54 Å². The van der Waals surface area contributed by atoms with E-state index < -0.39 is 0 Å². The highest BCUT2D eigenvalue weighted by molar-refractivity contribution is 9.10. The van der Waals surface area contributed by atoms with Crippen LogP contribution >= 0.6 is 15.9 Å². The Labute approximate surface area is 111 Å². The summed E-state index contributed by atoms with van der Waals surface area (Å²) >= 11 is 3.55. The molecule has 0 aliphatic heterocycles. The van der Waals surface area contributed by atoms with E-state index in [2.05, 4.69) is 22.0 Å². The van der Waals surface area contributed by atoms with Crippen LogP contribution < -0.4 is 5.73 Å². The van der Waals surface area contributed by atoms with E-state index in [0.717, 1.165) is 48.7 Å². The van der Waals surface area contributed by atoms with Gasteiger partial charge in [-0.2, -0.15) is 0 Å². The van der Waals surface area contributed by atoms with Gasteiger partial charge >= 0.3 is 0 Å². The van der Waals surface area contributed by atoms with Crippen molar-refractivity contribution in [3.63, 3.8) is 0 Å². The van der Waals surface area contributed by atoms with Crippen molar-refractivity contribution in [1.82, 2.24) is 0 Å². The van der Waals surface area contributed by atoms with E-state index in [1.165, 1.54) is 24.0 Å². The van der Waals surface area contributed by atoms with E-state index in [9.17, 15) is 5.11 Å². The number of halogens is 1. The molecule has 94 valence electrons. The highest BCUT2D eigenvalue weighted by Gasteiger charge is 2.17. The number of fused-ring (bicyclic) bond motifs is 1. The van der Waals surface area contributed by atoms with Crippen LogP contribution in [0.15, 0.2) is 10.5 Å². The fourth-order valence-corrected chi connectivity index (χ4v) is 3.26. The summed E-state index contributed by atoms with van der Waals surface area (Å²) in [5.41, 5.74) is 9.31. The molecule has 0 amide bonds. The molecule has 2 rings (SSSR count). The minimum Gasteiger partial charge on any atom is -0.506 e. The third kappa shape index (κ3) is 2.83. The second kappa shape index (κ2) is 5.87. The minimum absolute atomic E-state index is 0.447. The van der Waals surface area contributed by atoms with Crippen LogP contribution in [-0.4, -0.2) is 11.7 Å². The minimum atomic E-state index is 0.447. The van der Waals surface area contributed by atoms with Crippen molar-refractivity contribution in [2.24, 2.45) is 5.73 Å². The summed E-state index contributed by atoms with van der Waals surface area (Å²) in [5, 5.41) is 10.2. The molecule has 0 bridgehead atoms. The third-order valence-electron chi connectivity index (χ3n) is 3.54. The zero-order valence-electron chi connectivity index (χ0n) is 10.1. The van der Waals surface area contributed by atoms with Crippen LogP contribution in [0.1, 0.15) is 42.4 Å². The lowest BCUT2D eigenvalue weighted by Gasteiger charge is -2.20. The molecule has 1 aromatic rings. The Morgan fingerprint density at radius 2 is 2.00 bits per heavy atom. The third-order valence-corrected chi connectivity index (χ3v) is 4.39. The van der Waals surface area contributed by atoms with Crippen LogP contribution in [0.3, 0.4) is 0 Å². The van der Waals surface area contributed by atoms with E-state index in [1.54, 1.807) is 0 Å². The monoisotopic (exact) mass is 297 g/mol. The van der Waals surface area contributed by atoms with Crippen molar-refractivity contribution >= 4 is 15.9 Å². The highest BCUT2D eigenvalue weighted by Crippen LogP contribution is 2.38. The van der Waals surface area contributed by atoms with Crippen LogP contribution in [-0.2, 0) is 19.3 Å². The van der Waals surface area contributed by atoms with Crippen molar-refractivity contribution in [1.29, 1.82) is 0 Å². The number of phenols is 1. The molecule has 2 nitrogen and oxygen atoms in total. The molecule has 3 N–H and O–H groups in total. The first-order valence-corrected chi connectivity index (χ1v) is 7.25. The first kappa shape index (κ1) is 12.9. The van der Waals surface area contributed by atoms with Crippen LogP contribution in [0.5, 0.6) is 5.75 Å². The lowest BCUT2D eigenvalue weighted by atomic mass is 9.89. The molecule has 0 saturated heterocycles. The predicted octanol–water partition coefficient (Wildman–Crippen LogP) is 3.31. The molecule has 0 atom stereocenters. The largest absolute Gasteiger partial charge is 0.506 e. The second-order valence-electron chi connectivity index (χ2n) is 4.79. The molecule has 0 aromatic heterocycles. The van der Waals surface area contributed by atoms with Gasteiger partial charge in [-0.25, -0.2) is 0 Å². The maximum Gasteiger partial charge on any atom is 0.133 e. The smallest absolute Gasteiger partial charge is 0.133 e. The molecule has 1 aliphatic rings. The number of hydrogen-bond acceptors (Lipinski definition) is 2. The Kier molecular flexibility index (Phi) is 4.46. The van der Waals surface area contributed by atoms with E-state index in [4.69, 9.17) is 5.73 Å². The van der Waals surface area contributed by atoms with E-state index >= 15 is 0 Å². The molecule has 1 aliphatic carbocycles. The van der Waals surface area contributed by atoms with Gasteiger partial charge in [0.1, 0.15) is 5.75 Å². The lowest BCUT2D eigenvalue weighted by molar-refractivity contribution is 0.460. The molecule has 17 heavy (non-hydrogen) atoms. The Hall–Kier alpha value is -0.540. The molecular formula is C14H20BrNO. The van der Waals surface area contributed by atoms with Gasteiger partial charge in [-0.1, -0.05) is 6.07 Å². The second-order valence-corrected chi connectivity index (χ2v) is 5.58. The van der Waals surface area contributed by atoms with Crippen LogP contribution in [0.2, 0.25) is 0 Å². The topological polar surface area (TPSA) is 46.2 Å². The Bertz CT molecular complexity index is 404. The summed E-state index contributed by atoms with van der Waals surface area (Å²) in [5.74, 6) is 0.447. The highest BCUT2D eigenvalue weighted by atomic mass is 79.9. The summed E-state index contributed by atoms with van der Waals surface area (Å²) in [4.78, 5) is 0. The van der Waals surface area contributed by atoms with Gasteiger partial charge in [-0.3, -0.25) is 0 Å². The molecule has 0 spiro atoms. The first-order chi connectivity index (χ1) is 8.24. The average molecular weight is 298 g/mol. The normalized spacial score (nSPS) is 14.7. The fraction of sp³-hybridized carbons (Fsp3) is 0.571. The number of nitrogens with two attached hydrogens (primary N) is 1. The maximum absolute atomic E-state index is 10.2. The van der Waals surface area contributed by atoms with Gasteiger partial charge in [0.2, 0.25) is 0 Å². The van der Waals surface area contributed by atoms with Gasteiger partial charge in [0.15, 0.2) is 0 Å². The predicted molar refractivity (Wildman–Crippen MR) is 74.4 cm³/mol. The molecule has 0 heterocycles. The van der Waals surface area contributed by atoms with Gasteiger partial charge in [0, 0.05) is 0 Å². The van der Waals surface area contributed by atoms with E-state index in [1.807, 2.05) is 0 Å². The number of hydrogen-bond donors (Lipinski definition) is 2. The summed E-state index contributed by atoms with van der Waals surface area (Å²) in [6, 6.07) is 2.20. The molecule has 0 unspecified atom stereocenters. The first-order valence-electron chi connectivity index (χ1n) is 6.46. The quantitative estimate of drug-likeness (QED) is 0.838. The van der Waals surface area contributed by atoms with Crippen molar-refractivity contribution < 1.29 is 5.11 Å². The zero-order chi connectivity index (χ0) is 12.3. The maximum atomic E-state index is 10.2. The number of rotatable bonds is 4. The Morgan fingerprint density at radius 1 is 1.24 bits per heavy atom. The molecule has 0 radical (unpaired) electrons. The fourth-order valence-electron chi connectivity index (χ4n) is 2.55. The number of unbranched alkanes of at least 4 members (excludes halogenated alkanes) is 1. The summed E-state index contributed by atoms with van der Waals surface area (Å²) < 4.78 is 0.928. The lowest BCUT2D eigenvalue weighted by Crippen LogP contribution is -2.06. The van der Waals surface area contributed by atoms with Gasteiger partial charge in [-0.15, -0.1) is 0 Å². The van der Waals surface area contributed by atoms with Gasteiger partial charge in [0.05, 0.1) is 4.47 Å².